The van der Waals surface area contributed by atoms with Crippen LogP contribution in [0.2, 0.25) is 39.3 Å². The largest absolute Gasteiger partial charge is 0.0916 e. The van der Waals surface area contributed by atoms with Crippen LogP contribution in [-0.4, -0.2) is 16.1 Å². The second-order valence-corrected chi connectivity index (χ2v) is 17.3. The summed E-state index contributed by atoms with van der Waals surface area (Å²) in [7, 11) is -2.10. The van der Waals surface area contributed by atoms with E-state index >= 15 is 0 Å². The van der Waals surface area contributed by atoms with E-state index in [0.29, 0.717) is 0 Å². The van der Waals surface area contributed by atoms with Gasteiger partial charge in [0.25, 0.3) is 0 Å². The molecule has 0 unspecified atom stereocenters. The second kappa shape index (κ2) is 5.05. The summed E-state index contributed by atoms with van der Waals surface area (Å²) in [4.78, 5) is 0. The topological polar surface area (TPSA) is 0 Å². The Labute approximate surface area is 104 Å². The fourth-order valence-corrected chi connectivity index (χ4v) is 5.08. The Bertz CT molecular complexity index is 266. The van der Waals surface area contributed by atoms with E-state index in [9.17, 15) is 0 Å². The van der Waals surface area contributed by atoms with Crippen molar-refractivity contribution >= 4 is 16.1 Å². The number of hydrogen-bond acceptors (Lipinski definition) is 0. The Hall–Kier alpha value is -0.0862. The Morgan fingerprint density at radius 3 is 1.25 bits per heavy atom. The lowest BCUT2D eigenvalue weighted by Gasteiger charge is -2.24. The maximum atomic E-state index is 2.64. The van der Waals surface area contributed by atoms with Crippen LogP contribution in [0.3, 0.4) is 0 Å². The van der Waals surface area contributed by atoms with E-state index in [4.69, 9.17) is 0 Å². The van der Waals surface area contributed by atoms with Gasteiger partial charge in [0.15, 0.2) is 0 Å². The minimum atomic E-state index is -1.05. The van der Waals surface area contributed by atoms with Crippen LogP contribution < -0.4 is 0 Å². The van der Waals surface area contributed by atoms with Gasteiger partial charge in [0, 0.05) is 0 Å². The number of hydrogen-bond donors (Lipinski definition) is 0. The van der Waals surface area contributed by atoms with Crippen molar-refractivity contribution in [3.8, 4) is 0 Å². The normalized spacial score (nSPS) is 24.1. The zero-order valence-corrected chi connectivity index (χ0v) is 14.0. The molecule has 0 heterocycles. The Morgan fingerprint density at radius 1 is 0.688 bits per heavy atom. The summed E-state index contributed by atoms with van der Waals surface area (Å²) in [6.45, 7) is 14.7. The molecule has 1 aliphatic rings. The van der Waals surface area contributed by atoms with Gasteiger partial charge in [-0.1, -0.05) is 61.8 Å². The van der Waals surface area contributed by atoms with Gasteiger partial charge < -0.3 is 0 Å². The van der Waals surface area contributed by atoms with Crippen LogP contribution in [-0.2, 0) is 0 Å². The average Bonchev–Trinajstić information content (AvgIpc) is 2.03. The van der Waals surface area contributed by atoms with Crippen LogP contribution in [0.5, 0.6) is 0 Å². The first-order chi connectivity index (χ1) is 7.17. The average molecular weight is 253 g/mol. The highest BCUT2D eigenvalue weighted by atomic mass is 28.3. The quantitative estimate of drug-likeness (QED) is 0.595. The monoisotopic (exact) mass is 252 g/mol. The highest BCUT2D eigenvalue weighted by Gasteiger charge is 2.19. The van der Waals surface area contributed by atoms with E-state index in [2.05, 4.69) is 50.7 Å². The molecule has 0 atom stereocenters. The summed E-state index contributed by atoms with van der Waals surface area (Å²) in [5, 5.41) is 0. The fraction of sp³-hybridized carbons (Fsp3) is 0.714. The molecule has 0 aliphatic heterocycles. The molecule has 0 bridgehead atoms. The van der Waals surface area contributed by atoms with E-state index in [0.717, 1.165) is 0 Å². The summed E-state index contributed by atoms with van der Waals surface area (Å²) in [5.74, 6) is 0. The van der Waals surface area contributed by atoms with E-state index < -0.39 is 16.1 Å². The van der Waals surface area contributed by atoms with Crippen LogP contribution in [0.15, 0.2) is 22.5 Å². The van der Waals surface area contributed by atoms with Crippen LogP contribution in [0.1, 0.15) is 25.7 Å². The third-order valence-corrected chi connectivity index (χ3v) is 5.20. The van der Waals surface area contributed by atoms with Crippen molar-refractivity contribution in [1.29, 1.82) is 0 Å². The molecule has 2 heteroatoms. The molecule has 1 saturated carbocycles. The van der Waals surface area contributed by atoms with Gasteiger partial charge in [-0.2, -0.15) is 0 Å². The Balaban J connectivity index is 2.97. The zero-order chi connectivity index (χ0) is 12.4. The highest BCUT2D eigenvalue weighted by Crippen LogP contribution is 2.31. The van der Waals surface area contributed by atoms with E-state index in [1.54, 1.807) is 11.1 Å². The summed E-state index contributed by atoms with van der Waals surface area (Å²) in [6, 6.07) is 0. The summed E-state index contributed by atoms with van der Waals surface area (Å²) in [5.41, 5.74) is 8.68. The molecule has 16 heavy (non-hydrogen) atoms. The molecular weight excluding hydrogens is 224 g/mol. The predicted molar refractivity (Wildman–Crippen MR) is 81.3 cm³/mol. The van der Waals surface area contributed by atoms with Crippen LogP contribution in [0.4, 0.5) is 0 Å². The van der Waals surface area contributed by atoms with Gasteiger partial charge in [-0.05, 0) is 25.7 Å². The van der Waals surface area contributed by atoms with Gasteiger partial charge in [0.1, 0.15) is 0 Å². The molecule has 0 N–H and O–H groups in total. The molecule has 1 fully saturated rings. The number of allylic oxidation sites excluding steroid dienone is 2. The van der Waals surface area contributed by atoms with Gasteiger partial charge in [0.2, 0.25) is 0 Å². The third kappa shape index (κ3) is 5.31. The summed E-state index contributed by atoms with van der Waals surface area (Å²) < 4.78 is 0. The van der Waals surface area contributed by atoms with Gasteiger partial charge in [-0.15, -0.1) is 0 Å². The van der Waals surface area contributed by atoms with Crippen molar-refractivity contribution in [2.45, 2.75) is 65.0 Å². The minimum Gasteiger partial charge on any atom is -0.0916 e. The van der Waals surface area contributed by atoms with E-state index in [-0.39, 0.29) is 0 Å². The molecule has 0 spiro atoms. The second-order valence-electron chi connectivity index (χ2n) is 7.28. The van der Waals surface area contributed by atoms with Crippen molar-refractivity contribution in [3.63, 3.8) is 0 Å². The van der Waals surface area contributed by atoms with E-state index in [1.807, 2.05) is 0 Å². The third-order valence-electron chi connectivity index (χ3n) is 2.77. The zero-order valence-electron chi connectivity index (χ0n) is 12.0. The molecule has 0 nitrogen and oxygen atoms in total. The number of rotatable bonds is 2. The Kier molecular flexibility index (Phi) is 4.41. The summed E-state index contributed by atoms with van der Waals surface area (Å²) >= 11 is 0. The molecule has 0 aromatic heterocycles. The molecule has 0 amide bonds. The van der Waals surface area contributed by atoms with Crippen molar-refractivity contribution in [2.24, 2.45) is 0 Å². The first-order valence-corrected chi connectivity index (χ1v) is 13.8. The first-order valence-electron chi connectivity index (χ1n) is 6.61. The SMILES string of the molecule is C[Si](C)(C)/C=C1/CCCC/C1=C/[Si](C)(C)C. The van der Waals surface area contributed by atoms with Crippen LogP contribution in [0.25, 0.3) is 0 Å². The van der Waals surface area contributed by atoms with Gasteiger partial charge in [0.05, 0.1) is 16.1 Å². The molecule has 0 saturated heterocycles. The Morgan fingerprint density at radius 2 is 1.00 bits per heavy atom. The molecule has 92 valence electrons. The molecule has 1 rings (SSSR count). The standard InChI is InChI=1S/C14H28Si2/c1-15(2,3)11-13-9-7-8-10-14(13)12-16(4,5)6/h11-12H,7-10H2,1-6H3/b13-11-,14-12-. The van der Waals surface area contributed by atoms with Crippen LogP contribution in [0, 0.1) is 0 Å². The van der Waals surface area contributed by atoms with Crippen molar-refractivity contribution in [3.05, 3.63) is 22.5 Å². The van der Waals surface area contributed by atoms with Crippen molar-refractivity contribution in [2.75, 3.05) is 0 Å². The lowest BCUT2D eigenvalue weighted by Crippen LogP contribution is -2.21. The highest BCUT2D eigenvalue weighted by molar-refractivity contribution is 6.82. The van der Waals surface area contributed by atoms with Crippen molar-refractivity contribution < 1.29 is 0 Å². The minimum absolute atomic E-state index is 1.05. The van der Waals surface area contributed by atoms with Gasteiger partial charge in [-0.25, -0.2) is 0 Å². The lowest BCUT2D eigenvalue weighted by molar-refractivity contribution is 0.680. The van der Waals surface area contributed by atoms with Gasteiger partial charge in [-0.3, -0.25) is 0 Å². The summed E-state index contributed by atoms with van der Waals surface area (Å²) in [6.07, 6.45) is 5.47. The van der Waals surface area contributed by atoms with Gasteiger partial charge >= 0.3 is 0 Å². The molecule has 0 aromatic carbocycles. The maximum absolute atomic E-state index is 2.64. The van der Waals surface area contributed by atoms with Crippen LogP contribution >= 0.6 is 0 Å². The lowest BCUT2D eigenvalue weighted by atomic mass is 9.92. The smallest absolute Gasteiger partial charge is 0.0690 e. The molecule has 0 radical (unpaired) electrons. The maximum Gasteiger partial charge on any atom is 0.0690 e. The predicted octanol–water partition coefficient (Wildman–Crippen LogP) is 5.17. The first kappa shape index (κ1) is 14.0. The van der Waals surface area contributed by atoms with Crippen molar-refractivity contribution in [1.82, 2.24) is 0 Å². The molecule has 0 aromatic rings. The fourth-order valence-electron chi connectivity index (χ4n) is 2.33. The molecular formula is C14H28Si2. The van der Waals surface area contributed by atoms with E-state index in [1.165, 1.54) is 25.7 Å². The molecule has 1 aliphatic carbocycles.